The molecule has 1 saturated carbocycles. The minimum atomic E-state index is -0.271. The van der Waals surface area contributed by atoms with Gasteiger partial charge in [0.2, 0.25) is 0 Å². The van der Waals surface area contributed by atoms with Crippen LogP contribution in [0.2, 0.25) is 0 Å². The highest BCUT2D eigenvalue weighted by atomic mass is 16.5. The van der Waals surface area contributed by atoms with Gasteiger partial charge in [-0.2, -0.15) is 10.2 Å². The number of nitrogens with zero attached hydrogens (tertiary/aromatic N) is 3. The Labute approximate surface area is 133 Å². The summed E-state index contributed by atoms with van der Waals surface area (Å²) >= 11 is 0. The molecule has 2 aromatic heterocycles. The molecule has 2 atom stereocenters. The molecule has 0 bridgehead atoms. The third kappa shape index (κ3) is 3.43. The number of aliphatic hydroxyl groups is 1. The molecule has 1 fully saturated rings. The van der Waals surface area contributed by atoms with Crippen molar-refractivity contribution < 1.29 is 14.6 Å². The summed E-state index contributed by atoms with van der Waals surface area (Å²) in [5.74, 6) is 0.473. The van der Waals surface area contributed by atoms with Crippen LogP contribution in [0.3, 0.4) is 0 Å². The molecule has 8 heteroatoms. The number of nitrogens with one attached hydrogen (secondary N) is 2. The maximum atomic E-state index is 12.3. The number of H-pyrrole nitrogens is 1. The molecule has 2 heterocycles. The van der Waals surface area contributed by atoms with Crippen LogP contribution in [0, 0.1) is 0 Å². The minimum absolute atomic E-state index is 0.241. The number of aromatic nitrogens is 4. The third-order valence-electron chi connectivity index (χ3n) is 4.14. The van der Waals surface area contributed by atoms with Crippen molar-refractivity contribution in [2.24, 2.45) is 7.05 Å². The minimum Gasteiger partial charge on any atom is -0.393 e. The van der Waals surface area contributed by atoms with Crippen molar-refractivity contribution in [3.63, 3.8) is 0 Å². The average Bonchev–Trinajstić information content (AvgIpc) is 3.20. The molecule has 0 spiro atoms. The highest BCUT2D eigenvalue weighted by Gasteiger charge is 2.26. The van der Waals surface area contributed by atoms with Crippen LogP contribution >= 0.6 is 0 Å². The number of hydrogen-bond acceptors (Lipinski definition) is 5. The summed E-state index contributed by atoms with van der Waals surface area (Å²) < 4.78 is 6.54. The fourth-order valence-electron chi connectivity index (χ4n) is 2.99. The predicted octanol–water partition coefficient (Wildman–Crippen LogP) is 1.17. The predicted molar refractivity (Wildman–Crippen MR) is 83.1 cm³/mol. The molecule has 8 nitrogen and oxygen atoms in total. The van der Waals surface area contributed by atoms with Crippen molar-refractivity contribution in [2.45, 2.75) is 37.9 Å². The van der Waals surface area contributed by atoms with Gasteiger partial charge in [0.25, 0.3) is 5.91 Å². The number of rotatable bonds is 5. The lowest BCUT2D eigenvalue weighted by Gasteiger charge is -2.04. The Hall–Kier alpha value is -2.19. The van der Waals surface area contributed by atoms with E-state index in [4.69, 9.17) is 4.74 Å². The number of carbonyl (C=O) groups is 1. The van der Waals surface area contributed by atoms with Crippen molar-refractivity contribution in [1.82, 2.24) is 20.0 Å². The van der Waals surface area contributed by atoms with Gasteiger partial charge in [0.1, 0.15) is 5.69 Å². The van der Waals surface area contributed by atoms with E-state index in [-0.39, 0.29) is 17.9 Å². The quantitative estimate of drug-likeness (QED) is 0.767. The van der Waals surface area contributed by atoms with Crippen LogP contribution in [0.5, 0.6) is 0 Å². The first-order chi connectivity index (χ1) is 11.1. The normalized spacial score (nSPS) is 20.8. The van der Waals surface area contributed by atoms with Crippen LogP contribution in [0.15, 0.2) is 12.1 Å². The number of ether oxygens (including phenoxy) is 1. The van der Waals surface area contributed by atoms with Crippen molar-refractivity contribution in [1.29, 1.82) is 0 Å². The van der Waals surface area contributed by atoms with Crippen LogP contribution in [0.25, 0.3) is 0 Å². The molecule has 0 aromatic carbocycles. The molecule has 1 aliphatic carbocycles. The van der Waals surface area contributed by atoms with Crippen LogP contribution in [0.4, 0.5) is 5.82 Å². The molecule has 3 rings (SSSR count). The summed E-state index contributed by atoms with van der Waals surface area (Å²) in [5.41, 5.74) is 2.09. The second-order valence-corrected chi connectivity index (χ2v) is 5.90. The molecule has 0 aliphatic heterocycles. The Morgan fingerprint density at radius 2 is 2.35 bits per heavy atom. The molecule has 1 aliphatic rings. The second kappa shape index (κ2) is 6.51. The summed E-state index contributed by atoms with van der Waals surface area (Å²) in [7, 11) is 3.30. The number of aromatic amines is 1. The Morgan fingerprint density at radius 3 is 3.04 bits per heavy atom. The molecule has 2 aromatic rings. The van der Waals surface area contributed by atoms with E-state index in [0.29, 0.717) is 23.8 Å². The van der Waals surface area contributed by atoms with Gasteiger partial charge in [0, 0.05) is 31.8 Å². The molecule has 3 N–H and O–H groups in total. The van der Waals surface area contributed by atoms with Crippen LogP contribution in [0.1, 0.15) is 47.1 Å². The molecule has 0 radical (unpaired) electrons. The molecular weight excluding hydrogens is 298 g/mol. The Kier molecular flexibility index (Phi) is 4.44. The van der Waals surface area contributed by atoms with Crippen LogP contribution in [-0.2, 0) is 18.4 Å². The number of aliphatic hydroxyl groups excluding tert-OH is 1. The van der Waals surface area contributed by atoms with Gasteiger partial charge >= 0.3 is 0 Å². The maximum absolute atomic E-state index is 12.3. The van der Waals surface area contributed by atoms with Crippen molar-refractivity contribution >= 4 is 11.7 Å². The van der Waals surface area contributed by atoms with Crippen molar-refractivity contribution in [3.8, 4) is 0 Å². The van der Waals surface area contributed by atoms with E-state index in [1.54, 1.807) is 20.2 Å². The fourth-order valence-corrected chi connectivity index (χ4v) is 2.99. The van der Waals surface area contributed by atoms with Gasteiger partial charge in [0.05, 0.1) is 18.4 Å². The molecular formula is C15H21N5O3. The van der Waals surface area contributed by atoms with E-state index in [1.807, 2.05) is 6.07 Å². The van der Waals surface area contributed by atoms with E-state index in [2.05, 4.69) is 20.6 Å². The Morgan fingerprint density at radius 1 is 1.52 bits per heavy atom. The van der Waals surface area contributed by atoms with Crippen molar-refractivity contribution in [2.75, 3.05) is 12.4 Å². The number of aryl methyl sites for hydroxylation is 1. The van der Waals surface area contributed by atoms with Gasteiger partial charge in [-0.1, -0.05) is 0 Å². The smallest absolute Gasteiger partial charge is 0.275 e. The van der Waals surface area contributed by atoms with E-state index in [9.17, 15) is 9.90 Å². The summed E-state index contributed by atoms with van der Waals surface area (Å²) in [6.07, 6.45) is 2.23. The zero-order chi connectivity index (χ0) is 16.4. The lowest BCUT2D eigenvalue weighted by Crippen LogP contribution is -2.16. The summed E-state index contributed by atoms with van der Waals surface area (Å²) in [5, 5.41) is 23.7. The first-order valence-electron chi connectivity index (χ1n) is 7.63. The van der Waals surface area contributed by atoms with Gasteiger partial charge < -0.3 is 15.2 Å². The first-order valence-corrected chi connectivity index (χ1v) is 7.63. The summed E-state index contributed by atoms with van der Waals surface area (Å²) in [6.45, 7) is 0.359. The number of anilines is 1. The number of carbonyl (C=O) groups excluding carboxylic acids is 1. The Balaban J connectivity index is 1.67. The highest BCUT2D eigenvalue weighted by molar-refractivity contribution is 6.02. The Bertz CT molecular complexity index is 693. The van der Waals surface area contributed by atoms with Crippen molar-refractivity contribution in [3.05, 3.63) is 29.2 Å². The molecule has 0 unspecified atom stereocenters. The molecule has 124 valence electrons. The van der Waals surface area contributed by atoms with Gasteiger partial charge in [-0.05, 0) is 25.3 Å². The standard InChI is InChI=1S/C15H21N5O3/c1-20-13(6-10(19-20)8-23-2)15(22)16-14-7-12(17-18-14)9-3-4-11(21)5-9/h6-7,9,11,21H,3-5,8H2,1-2H3,(H2,16,17,18,22)/t9-,11+/m0/s1. The van der Waals surface area contributed by atoms with E-state index >= 15 is 0 Å². The maximum Gasteiger partial charge on any atom is 0.275 e. The van der Waals surface area contributed by atoms with E-state index in [0.717, 1.165) is 25.0 Å². The fraction of sp³-hybridized carbons (Fsp3) is 0.533. The lowest BCUT2D eigenvalue weighted by molar-refractivity contribution is 0.101. The van der Waals surface area contributed by atoms with Gasteiger partial charge in [0.15, 0.2) is 5.82 Å². The monoisotopic (exact) mass is 319 g/mol. The summed E-state index contributed by atoms with van der Waals surface area (Å²) in [6, 6.07) is 3.52. The zero-order valence-electron chi connectivity index (χ0n) is 13.2. The topological polar surface area (TPSA) is 105 Å². The first kappa shape index (κ1) is 15.7. The molecule has 0 saturated heterocycles. The molecule has 1 amide bonds. The van der Waals surface area contributed by atoms with Gasteiger partial charge in [-0.3, -0.25) is 14.6 Å². The highest BCUT2D eigenvalue weighted by Crippen LogP contribution is 2.34. The van der Waals surface area contributed by atoms with Gasteiger partial charge in [-0.25, -0.2) is 0 Å². The number of amides is 1. The number of methoxy groups -OCH3 is 1. The van der Waals surface area contributed by atoms with Crippen LogP contribution < -0.4 is 5.32 Å². The van der Waals surface area contributed by atoms with E-state index < -0.39 is 0 Å². The lowest BCUT2D eigenvalue weighted by atomic mass is 10.0. The zero-order valence-corrected chi connectivity index (χ0v) is 13.2. The van der Waals surface area contributed by atoms with Crippen LogP contribution in [-0.4, -0.2) is 44.2 Å². The number of hydrogen-bond donors (Lipinski definition) is 3. The average molecular weight is 319 g/mol. The SMILES string of the molecule is COCc1cc(C(=O)Nc2cc([C@H]3CC[C@@H](O)C3)[nH]n2)n(C)n1. The van der Waals surface area contributed by atoms with E-state index in [1.165, 1.54) is 4.68 Å². The summed E-state index contributed by atoms with van der Waals surface area (Å²) in [4.78, 5) is 12.3. The largest absolute Gasteiger partial charge is 0.393 e. The second-order valence-electron chi connectivity index (χ2n) is 5.90. The third-order valence-corrected chi connectivity index (χ3v) is 4.14. The van der Waals surface area contributed by atoms with Gasteiger partial charge in [-0.15, -0.1) is 0 Å². The molecule has 23 heavy (non-hydrogen) atoms.